The Kier molecular flexibility index (Phi) is 12.9. The van der Waals surface area contributed by atoms with Crippen LogP contribution in [0.3, 0.4) is 0 Å². The Morgan fingerprint density at radius 2 is 1.30 bits per heavy atom. The number of ether oxygens (including phenoxy) is 3. The molecule has 17 heteroatoms. The van der Waals surface area contributed by atoms with Gasteiger partial charge in [0.15, 0.2) is 0 Å². The van der Waals surface area contributed by atoms with E-state index in [1.807, 2.05) is 48.5 Å². The third kappa shape index (κ3) is 10.2. The molecule has 56 heavy (non-hydrogen) atoms. The van der Waals surface area contributed by atoms with E-state index in [-0.39, 0.29) is 36.3 Å². The Bertz CT molecular complexity index is 2100. The van der Waals surface area contributed by atoms with Crippen molar-refractivity contribution < 1.29 is 47.9 Å². The van der Waals surface area contributed by atoms with Gasteiger partial charge in [0.25, 0.3) is 5.69 Å². The van der Waals surface area contributed by atoms with Crippen LogP contribution in [-0.2, 0) is 35.3 Å². The first-order chi connectivity index (χ1) is 26.8. The van der Waals surface area contributed by atoms with Gasteiger partial charge in [-0.25, -0.2) is 9.59 Å². The lowest BCUT2D eigenvalue weighted by Gasteiger charge is -2.22. The van der Waals surface area contributed by atoms with Crippen LogP contribution in [0.15, 0.2) is 97.1 Å². The van der Waals surface area contributed by atoms with E-state index in [1.54, 1.807) is 12.1 Å². The first-order valence-electron chi connectivity index (χ1n) is 17.3. The molecule has 0 radical (unpaired) electrons. The summed E-state index contributed by atoms with van der Waals surface area (Å²) < 4.78 is 15.7. The summed E-state index contributed by atoms with van der Waals surface area (Å²) in [4.78, 5) is 86.4. The van der Waals surface area contributed by atoms with Crippen LogP contribution in [0.2, 0.25) is 0 Å². The number of hydrogen-bond donors (Lipinski definition) is 5. The number of rotatable bonds is 15. The van der Waals surface area contributed by atoms with Crippen LogP contribution in [0.4, 0.5) is 21.0 Å². The van der Waals surface area contributed by atoms with Crippen LogP contribution in [0.1, 0.15) is 42.9 Å². The maximum atomic E-state index is 13.3. The van der Waals surface area contributed by atoms with Gasteiger partial charge in [-0.1, -0.05) is 66.7 Å². The first kappa shape index (κ1) is 39.9. The Labute approximate surface area is 320 Å². The van der Waals surface area contributed by atoms with E-state index in [0.717, 1.165) is 34.4 Å². The monoisotopic (exact) mass is 766 g/mol. The lowest BCUT2D eigenvalue weighted by Crippen LogP contribution is -2.55. The fourth-order valence-electron chi connectivity index (χ4n) is 5.88. The molecule has 0 heterocycles. The quantitative estimate of drug-likeness (QED) is 0.0500. The minimum absolute atomic E-state index is 0.000945. The average molecular weight is 767 g/mol. The normalized spacial score (nSPS) is 13.0. The first-order valence-corrected chi connectivity index (χ1v) is 17.3. The molecule has 5 rings (SSSR count). The topological polar surface area (TPSA) is 247 Å². The van der Waals surface area contributed by atoms with E-state index >= 15 is 0 Å². The molecule has 0 aliphatic heterocycles. The highest BCUT2D eigenvalue weighted by Crippen LogP contribution is 2.44. The van der Waals surface area contributed by atoms with E-state index in [4.69, 9.17) is 19.9 Å². The highest BCUT2D eigenvalue weighted by Gasteiger charge is 2.31. The molecule has 1 aliphatic carbocycles. The fraction of sp³-hybridized carbons (Fsp3) is 0.231. The number of nitrogens with two attached hydrogens (primary N) is 1. The summed E-state index contributed by atoms with van der Waals surface area (Å²) in [6.07, 6.45) is -2.56. The second-order valence-corrected chi connectivity index (χ2v) is 12.7. The zero-order valence-electron chi connectivity index (χ0n) is 30.2. The molecule has 1 aliphatic rings. The van der Waals surface area contributed by atoms with Crippen LogP contribution in [0, 0.1) is 10.1 Å². The zero-order chi connectivity index (χ0) is 40.4. The summed E-state index contributed by atoms with van der Waals surface area (Å²) in [5.74, 6) is -3.50. The molecule has 4 aromatic rings. The minimum Gasteiger partial charge on any atom is -0.449 e. The number of amides is 5. The van der Waals surface area contributed by atoms with Gasteiger partial charge in [-0.3, -0.25) is 29.3 Å². The molecule has 0 spiro atoms. The molecule has 0 saturated carbocycles. The number of carbonyl (C=O) groups is 6. The smallest absolute Gasteiger partial charge is 0.449 e. The van der Waals surface area contributed by atoms with Crippen molar-refractivity contribution in [2.24, 2.45) is 5.73 Å². The number of benzene rings is 4. The number of anilines is 1. The lowest BCUT2D eigenvalue weighted by molar-refractivity contribution is -0.384. The average Bonchev–Trinajstić information content (AvgIpc) is 3.49. The molecule has 4 aromatic carbocycles. The van der Waals surface area contributed by atoms with Crippen molar-refractivity contribution in [2.75, 3.05) is 11.9 Å². The van der Waals surface area contributed by atoms with Crippen molar-refractivity contribution in [3.63, 3.8) is 0 Å². The second-order valence-electron chi connectivity index (χ2n) is 12.7. The summed E-state index contributed by atoms with van der Waals surface area (Å²) in [7, 11) is 0. The van der Waals surface area contributed by atoms with Crippen molar-refractivity contribution >= 4 is 47.3 Å². The van der Waals surface area contributed by atoms with E-state index < -0.39 is 65.3 Å². The van der Waals surface area contributed by atoms with Gasteiger partial charge in [-0.15, -0.1) is 0 Å². The van der Waals surface area contributed by atoms with Gasteiger partial charge in [0.1, 0.15) is 37.1 Å². The largest absolute Gasteiger partial charge is 0.514 e. The third-order valence-corrected chi connectivity index (χ3v) is 8.73. The van der Waals surface area contributed by atoms with E-state index in [1.165, 1.54) is 38.1 Å². The van der Waals surface area contributed by atoms with Crippen LogP contribution in [0.5, 0.6) is 5.75 Å². The Hall–Kier alpha value is -7.30. The Balaban J connectivity index is 1.11. The summed E-state index contributed by atoms with van der Waals surface area (Å²) >= 11 is 0. The van der Waals surface area contributed by atoms with Crippen molar-refractivity contribution in [1.29, 1.82) is 0 Å². The lowest BCUT2D eigenvalue weighted by atomic mass is 9.98. The maximum Gasteiger partial charge on any atom is 0.514 e. The van der Waals surface area contributed by atoms with Crippen LogP contribution in [0.25, 0.3) is 11.1 Å². The fourth-order valence-corrected chi connectivity index (χ4v) is 5.88. The van der Waals surface area contributed by atoms with Crippen molar-refractivity contribution in [3.8, 4) is 16.9 Å². The van der Waals surface area contributed by atoms with Gasteiger partial charge in [0.05, 0.1) is 11.3 Å². The highest BCUT2D eigenvalue weighted by atomic mass is 16.7. The number of nitro groups is 1. The van der Waals surface area contributed by atoms with Crippen LogP contribution >= 0.6 is 0 Å². The number of hydrogen-bond acceptors (Lipinski definition) is 11. The van der Waals surface area contributed by atoms with Gasteiger partial charge >= 0.3 is 12.2 Å². The van der Waals surface area contributed by atoms with Crippen molar-refractivity contribution in [3.05, 3.63) is 124 Å². The molecule has 0 aromatic heterocycles. The molecular weight excluding hydrogens is 728 g/mol. The van der Waals surface area contributed by atoms with E-state index in [2.05, 4.69) is 21.3 Å². The standard InChI is InChI=1S/C39H38N6O11/c1-22(41-35(47)23(2)42-38(50)54-21-31-29-12-6-4-10-27(29)28-11-5-7-13-30(28)31)36(48)44-33(19-34(40)46)37(49)43-32-14-8-3-9-24(32)20-55-39(51)56-26-17-15-25(16-18-26)45(52)53/h3-18,22-23,31,33H,19-21H2,1-2H3,(H2,40,46)(H,41,47)(H,42,50)(H,43,49)(H,44,48). The van der Waals surface area contributed by atoms with Crippen molar-refractivity contribution in [2.45, 2.75) is 50.9 Å². The van der Waals surface area contributed by atoms with Gasteiger partial charge in [-0.2, -0.15) is 0 Å². The SMILES string of the molecule is CC(NC(=O)OCC1c2ccccc2-c2ccccc21)C(=O)NC(C)C(=O)NC(CC(N)=O)C(=O)Nc1ccccc1COC(=O)Oc1ccc([N+](=O)[O-])cc1. The van der Waals surface area contributed by atoms with Gasteiger partial charge in [0, 0.05) is 29.3 Å². The summed E-state index contributed by atoms with van der Waals surface area (Å²) in [5, 5.41) is 20.7. The Morgan fingerprint density at radius 1 is 0.732 bits per heavy atom. The molecular formula is C39H38N6O11. The van der Waals surface area contributed by atoms with Crippen LogP contribution < -0.4 is 31.7 Å². The number of carbonyl (C=O) groups excluding carboxylic acids is 6. The van der Waals surface area contributed by atoms with E-state index in [9.17, 15) is 38.9 Å². The number of fused-ring (bicyclic) bond motifs is 3. The summed E-state index contributed by atoms with van der Waals surface area (Å²) in [6.45, 7) is 2.40. The molecule has 3 unspecified atom stereocenters. The molecule has 17 nitrogen and oxygen atoms in total. The minimum atomic E-state index is -1.48. The summed E-state index contributed by atoms with van der Waals surface area (Å²) in [6, 6.07) is 22.8. The van der Waals surface area contributed by atoms with Crippen molar-refractivity contribution in [1.82, 2.24) is 16.0 Å². The predicted octanol–water partition coefficient (Wildman–Crippen LogP) is 4.04. The molecule has 0 saturated heterocycles. The molecule has 290 valence electrons. The molecule has 0 fully saturated rings. The maximum absolute atomic E-state index is 13.3. The van der Waals surface area contributed by atoms with Gasteiger partial charge in [-0.05, 0) is 54.3 Å². The van der Waals surface area contributed by atoms with Gasteiger partial charge < -0.3 is 41.2 Å². The summed E-state index contributed by atoms with van der Waals surface area (Å²) in [5.41, 5.74) is 9.80. The predicted molar refractivity (Wildman–Crippen MR) is 200 cm³/mol. The zero-order valence-corrected chi connectivity index (χ0v) is 30.2. The Morgan fingerprint density at radius 3 is 1.93 bits per heavy atom. The third-order valence-electron chi connectivity index (χ3n) is 8.73. The molecule has 3 atom stereocenters. The van der Waals surface area contributed by atoms with E-state index in [0.29, 0.717) is 5.56 Å². The molecule has 5 amide bonds. The number of para-hydroxylation sites is 1. The number of alkyl carbamates (subject to hydrolysis) is 1. The van der Waals surface area contributed by atoms with Gasteiger partial charge in [0.2, 0.25) is 23.6 Å². The molecule has 0 bridgehead atoms. The van der Waals surface area contributed by atoms with Crippen LogP contribution in [-0.4, -0.2) is 65.5 Å². The number of non-ortho nitro benzene ring substituents is 1. The molecule has 6 N–H and O–H groups in total. The highest BCUT2D eigenvalue weighted by molar-refractivity contribution is 6.01. The number of primary amides is 1. The number of nitrogens with zero attached hydrogens (tertiary/aromatic N) is 1. The number of nitro benzene ring substituents is 1. The second kappa shape index (κ2) is 18.2. The number of nitrogens with one attached hydrogen (secondary N) is 4.